The Morgan fingerprint density at radius 3 is 2.06 bits per heavy atom. The van der Waals surface area contributed by atoms with Gasteiger partial charge in [-0.2, -0.15) is 5.10 Å². The Labute approximate surface area is 192 Å². The Bertz CT molecular complexity index is 932. The zero-order valence-electron chi connectivity index (χ0n) is 20.2. The molecular weight excluding hydrogens is 406 g/mol. The summed E-state index contributed by atoms with van der Waals surface area (Å²) >= 11 is 5.81. The molecule has 3 aromatic rings. The average Bonchev–Trinajstić information content (AvgIpc) is 3.08. The molecule has 0 bridgehead atoms. The monoisotopic (exact) mass is 443 g/mol. The summed E-state index contributed by atoms with van der Waals surface area (Å²) in [5.41, 5.74) is 2.11. The predicted molar refractivity (Wildman–Crippen MR) is 133 cm³/mol. The summed E-state index contributed by atoms with van der Waals surface area (Å²) in [7, 11) is 5.82. The van der Waals surface area contributed by atoms with E-state index in [9.17, 15) is 0 Å². The maximum absolute atomic E-state index is 5.81. The third kappa shape index (κ3) is 7.49. The Morgan fingerprint density at radius 1 is 1.03 bits per heavy atom. The van der Waals surface area contributed by atoms with Gasteiger partial charge in [-0.15, -0.1) is 0 Å². The van der Waals surface area contributed by atoms with Gasteiger partial charge in [0.05, 0.1) is 11.7 Å². The van der Waals surface area contributed by atoms with Crippen molar-refractivity contribution in [1.29, 1.82) is 0 Å². The van der Waals surface area contributed by atoms with E-state index >= 15 is 0 Å². The fourth-order valence-corrected chi connectivity index (χ4v) is 3.87. The van der Waals surface area contributed by atoms with E-state index in [0.29, 0.717) is 0 Å². The maximum atomic E-state index is 5.81. The Hall–Kier alpha value is -2.14. The van der Waals surface area contributed by atoms with Gasteiger partial charge in [-0.1, -0.05) is 70.2 Å². The largest absolute Gasteiger partial charge is 0.362 e. The van der Waals surface area contributed by atoms with Crippen LogP contribution in [-0.4, -0.2) is 33.8 Å². The first kappa shape index (κ1) is 25.1. The van der Waals surface area contributed by atoms with E-state index in [-0.39, 0.29) is 0 Å². The van der Waals surface area contributed by atoms with E-state index in [4.69, 9.17) is 11.6 Å². The number of para-hydroxylation sites is 1. The van der Waals surface area contributed by atoms with Gasteiger partial charge < -0.3 is 4.90 Å². The van der Waals surface area contributed by atoms with E-state index in [1.807, 2.05) is 57.2 Å². The van der Waals surface area contributed by atoms with Crippen molar-refractivity contribution < 1.29 is 0 Å². The Balaban J connectivity index is 0.000000175. The van der Waals surface area contributed by atoms with Gasteiger partial charge in [0.25, 0.3) is 0 Å². The van der Waals surface area contributed by atoms with E-state index < -0.39 is 0 Å². The highest BCUT2D eigenvalue weighted by Gasteiger charge is 2.13. The summed E-state index contributed by atoms with van der Waals surface area (Å²) in [5.74, 6) is 3.83. The van der Waals surface area contributed by atoms with Crippen molar-refractivity contribution in [1.82, 2.24) is 19.7 Å². The van der Waals surface area contributed by atoms with Gasteiger partial charge in [0, 0.05) is 32.1 Å². The third-order valence-corrected chi connectivity index (χ3v) is 6.23. The highest BCUT2D eigenvalue weighted by Crippen LogP contribution is 2.27. The molecule has 2 heterocycles. The lowest BCUT2D eigenvalue weighted by atomic mass is 9.84. The highest BCUT2D eigenvalue weighted by atomic mass is 35.5. The van der Waals surface area contributed by atoms with Gasteiger partial charge in [-0.25, -0.2) is 9.97 Å². The summed E-state index contributed by atoms with van der Waals surface area (Å²) in [6, 6.07) is 8.06. The van der Waals surface area contributed by atoms with E-state index in [1.54, 1.807) is 10.9 Å². The maximum Gasteiger partial charge on any atom is 0.139 e. The number of aromatic nitrogens is 4. The number of hydrogen-bond donors (Lipinski definition) is 0. The van der Waals surface area contributed by atoms with Gasteiger partial charge in [0.2, 0.25) is 0 Å². The van der Waals surface area contributed by atoms with Crippen LogP contribution in [0.15, 0.2) is 30.5 Å². The van der Waals surface area contributed by atoms with Crippen molar-refractivity contribution in [2.75, 3.05) is 19.0 Å². The standard InChI is InChI=1S/C11H13N3.C8H16.C6H9ClN2/c1-8-12-10-7-5-4-6-9(10)11(13-8)14(2)3;1-7-3-5-8(2)6-4-7;1-3-5-4-8-9(2)6(5)7/h4-7H,1-3H3;7-8H,3-6H2,1-2H3;4H,3H2,1-2H3. The van der Waals surface area contributed by atoms with Crippen LogP contribution in [-0.2, 0) is 13.5 Å². The Morgan fingerprint density at radius 2 is 1.61 bits per heavy atom. The van der Waals surface area contributed by atoms with Crippen LogP contribution in [0.2, 0.25) is 5.15 Å². The molecule has 0 N–H and O–H groups in total. The third-order valence-electron chi connectivity index (χ3n) is 5.74. The molecule has 1 aliphatic rings. The quantitative estimate of drug-likeness (QED) is 0.455. The molecule has 0 unspecified atom stereocenters. The number of aryl methyl sites for hydroxylation is 3. The van der Waals surface area contributed by atoms with E-state index in [0.717, 1.165) is 51.5 Å². The van der Waals surface area contributed by atoms with Crippen molar-refractivity contribution in [3.8, 4) is 0 Å². The molecule has 4 rings (SSSR count). The number of halogens is 1. The first-order chi connectivity index (χ1) is 14.7. The second-order valence-electron chi connectivity index (χ2n) is 8.81. The van der Waals surface area contributed by atoms with Crippen molar-refractivity contribution in [3.05, 3.63) is 47.0 Å². The molecule has 0 aliphatic heterocycles. The van der Waals surface area contributed by atoms with Gasteiger partial charge in [0.1, 0.15) is 16.8 Å². The van der Waals surface area contributed by atoms with Gasteiger partial charge in [-0.05, 0) is 37.3 Å². The molecule has 5 nitrogen and oxygen atoms in total. The van der Waals surface area contributed by atoms with Gasteiger partial charge >= 0.3 is 0 Å². The fraction of sp³-hybridized carbons (Fsp3) is 0.560. The second kappa shape index (κ2) is 12.0. The summed E-state index contributed by atoms with van der Waals surface area (Å²) < 4.78 is 1.67. The zero-order chi connectivity index (χ0) is 23.0. The van der Waals surface area contributed by atoms with Gasteiger partial charge in [0.15, 0.2) is 0 Å². The zero-order valence-corrected chi connectivity index (χ0v) is 20.9. The molecule has 1 fully saturated rings. The average molecular weight is 444 g/mol. The number of hydrogen-bond acceptors (Lipinski definition) is 4. The van der Waals surface area contributed by atoms with Gasteiger partial charge in [-0.3, -0.25) is 4.68 Å². The van der Waals surface area contributed by atoms with Crippen molar-refractivity contribution >= 4 is 28.3 Å². The molecular formula is C25H38ClN5. The molecule has 0 spiro atoms. The van der Waals surface area contributed by atoms with Crippen LogP contribution in [0.25, 0.3) is 10.9 Å². The van der Waals surface area contributed by atoms with Crippen LogP contribution in [0.5, 0.6) is 0 Å². The first-order valence-corrected chi connectivity index (χ1v) is 11.7. The molecule has 1 aliphatic carbocycles. The molecule has 31 heavy (non-hydrogen) atoms. The molecule has 0 atom stereocenters. The fourth-order valence-electron chi connectivity index (χ4n) is 3.65. The first-order valence-electron chi connectivity index (χ1n) is 11.3. The minimum atomic E-state index is 0.748. The van der Waals surface area contributed by atoms with Crippen LogP contribution < -0.4 is 4.90 Å². The summed E-state index contributed by atoms with van der Waals surface area (Å²) in [4.78, 5) is 10.8. The molecule has 2 aromatic heterocycles. The van der Waals surface area contributed by atoms with Crippen molar-refractivity contribution in [3.63, 3.8) is 0 Å². The molecule has 1 saturated carbocycles. The van der Waals surface area contributed by atoms with Crippen LogP contribution in [0.3, 0.4) is 0 Å². The van der Waals surface area contributed by atoms with E-state index in [1.165, 1.54) is 25.7 Å². The molecule has 0 saturated heterocycles. The smallest absolute Gasteiger partial charge is 0.139 e. The van der Waals surface area contributed by atoms with Crippen LogP contribution in [0.1, 0.15) is 57.8 Å². The lowest BCUT2D eigenvalue weighted by Crippen LogP contribution is -2.12. The molecule has 170 valence electrons. The normalized spacial score (nSPS) is 17.9. The number of nitrogens with zero attached hydrogens (tertiary/aromatic N) is 5. The van der Waals surface area contributed by atoms with Crippen molar-refractivity contribution in [2.45, 2.75) is 59.8 Å². The number of anilines is 1. The second-order valence-corrected chi connectivity index (χ2v) is 9.17. The minimum absolute atomic E-state index is 0.748. The highest BCUT2D eigenvalue weighted by molar-refractivity contribution is 6.30. The summed E-state index contributed by atoms with van der Waals surface area (Å²) in [6.45, 7) is 8.71. The minimum Gasteiger partial charge on any atom is -0.362 e. The molecule has 1 aromatic carbocycles. The molecule has 0 amide bonds. The van der Waals surface area contributed by atoms with Crippen molar-refractivity contribution in [2.24, 2.45) is 18.9 Å². The van der Waals surface area contributed by atoms with E-state index in [2.05, 4.69) is 35.8 Å². The lowest BCUT2D eigenvalue weighted by Gasteiger charge is -2.22. The Kier molecular flexibility index (Phi) is 9.76. The van der Waals surface area contributed by atoms with Crippen LogP contribution in [0, 0.1) is 18.8 Å². The van der Waals surface area contributed by atoms with Crippen LogP contribution >= 0.6 is 11.6 Å². The SMILES string of the molecule is CC1CCC(C)CC1.CCc1cnn(C)c1Cl.Cc1nc(N(C)C)c2ccccc2n1. The summed E-state index contributed by atoms with van der Waals surface area (Å²) in [5, 5.41) is 5.82. The molecule has 6 heteroatoms. The number of rotatable bonds is 2. The van der Waals surface area contributed by atoms with Crippen LogP contribution in [0.4, 0.5) is 5.82 Å². The lowest BCUT2D eigenvalue weighted by molar-refractivity contribution is 0.308. The topological polar surface area (TPSA) is 46.8 Å². The summed E-state index contributed by atoms with van der Waals surface area (Å²) in [6.07, 6.45) is 8.64. The predicted octanol–water partition coefficient (Wildman–Crippen LogP) is 6.47. The molecule has 0 radical (unpaired) electrons. The number of fused-ring (bicyclic) bond motifs is 1. The number of benzene rings is 1.